The van der Waals surface area contributed by atoms with Gasteiger partial charge in [0.1, 0.15) is 0 Å². The van der Waals surface area contributed by atoms with E-state index in [-0.39, 0.29) is 12.0 Å². The smallest absolute Gasteiger partial charge is 0.0529 e. The number of aliphatic hydroxyl groups excluding tert-OH is 1. The van der Waals surface area contributed by atoms with Crippen molar-refractivity contribution in [2.75, 3.05) is 26.7 Å². The van der Waals surface area contributed by atoms with Crippen LogP contribution in [0.15, 0.2) is 24.5 Å². The monoisotopic (exact) mass is 206 g/mol. The van der Waals surface area contributed by atoms with Gasteiger partial charge in [0.25, 0.3) is 0 Å². The Morgan fingerprint density at radius 1 is 1.47 bits per heavy atom. The fourth-order valence-electron chi connectivity index (χ4n) is 2.26. The minimum absolute atomic E-state index is 0.0548. The molecule has 0 atom stereocenters. The van der Waals surface area contributed by atoms with E-state index < -0.39 is 0 Å². The summed E-state index contributed by atoms with van der Waals surface area (Å²) in [5.41, 5.74) is 1.13. The van der Waals surface area contributed by atoms with Crippen molar-refractivity contribution in [2.45, 2.75) is 18.3 Å². The molecule has 0 aromatic carbocycles. The van der Waals surface area contributed by atoms with Crippen LogP contribution in [-0.2, 0) is 5.41 Å². The second-order valence-electron chi connectivity index (χ2n) is 4.48. The number of nitrogens with zero attached hydrogens (tertiary/aromatic N) is 2. The Balaban J connectivity index is 2.23. The molecule has 82 valence electrons. The van der Waals surface area contributed by atoms with Gasteiger partial charge in [-0.3, -0.25) is 4.98 Å². The number of pyridine rings is 1. The number of aromatic nitrogens is 1. The van der Waals surface area contributed by atoms with Crippen LogP contribution in [0, 0.1) is 0 Å². The normalized spacial score (nSPS) is 21.5. The molecule has 1 aromatic heterocycles. The third-order valence-corrected chi connectivity index (χ3v) is 3.52. The lowest BCUT2D eigenvalue weighted by molar-refractivity contribution is 0.114. The first-order valence-corrected chi connectivity index (χ1v) is 5.47. The highest BCUT2D eigenvalue weighted by atomic mass is 16.3. The summed E-state index contributed by atoms with van der Waals surface area (Å²) < 4.78 is 0. The lowest BCUT2D eigenvalue weighted by Gasteiger charge is -2.39. The molecule has 3 nitrogen and oxygen atoms in total. The SMILES string of the molecule is CN1CCC(CO)(c2cccnc2)CC1. The molecule has 1 aliphatic rings. The second kappa shape index (κ2) is 4.29. The molecule has 1 aromatic rings. The topological polar surface area (TPSA) is 36.4 Å². The Labute approximate surface area is 90.8 Å². The van der Waals surface area contributed by atoms with Gasteiger partial charge in [-0.25, -0.2) is 0 Å². The average molecular weight is 206 g/mol. The average Bonchev–Trinajstić information content (AvgIpc) is 2.32. The van der Waals surface area contributed by atoms with Crippen LogP contribution >= 0.6 is 0 Å². The summed E-state index contributed by atoms with van der Waals surface area (Å²) in [5, 5.41) is 9.63. The van der Waals surface area contributed by atoms with Gasteiger partial charge < -0.3 is 10.0 Å². The van der Waals surface area contributed by atoms with Gasteiger partial charge in [0.15, 0.2) is 0 Å². The highest BCUT2D eigenvalue weighted by molar-refractivity contribution is 5.23. The largest absolute Gasteiger partial charge is 0.395 e. The molecular formula is C12H18N2O. The van der Waals surface area contributed by atoms with E-state index in [9.17, 15) is 5.11 Å². The molecule has 0 saturated carbocycles. The van der Waals surface area contributed by atoms with Crippen molar-refractivity contribution in [1.29, 1.82) is 0 Å². The van der Waals surface area contributed by atoms with Crippen LogP contribution in [0.4, 0.5) is 0 Å². The lowest BCUT2D eigenvalue weighted by atomic mass is 9.74. The molecule has 2 heterocycles. The summed E-state index contributed by atoms with van der Waals surface area (Å²) in [5.74, 6) is 0. The van der Waals surface area contributed by atoms with Crippen LogP contribution < -0.4 is 0 Å². The number of likely N-dealkylation sites (tertiary alicyclic amines) is 1. The molecule has 0 unspecified atom stereocenters. The summed E-state index contributed by atoms with van der Waals surface area (Å²) in [7, 11) is 2.13. The Hall–Kier alpha value is -0.930. The zero-order valence-corrected chi connectivity index (χ0v) is 9.19. The van der Waals surface area contributed by atoms with Crippen LogP contribution in [-0.4, -0.2) is 41.7 Å². The Morgan fingerprint density at radius 3 is 2.73 bits per heavy atom. The third kappa shape index (κ3) is 2.03. The summed E-state index contributed by atoms with van der Waals surface area (Å²) >= 11 is 0. The highest BCUT2D eigenvalue weighted by Crippen LogP contribution is 2.34. The molecule has 0 radical (unpaired) electrons. The maximum Gasteiger partial charge on any atom is 0.0529 e. The van der Waals surface area contributed by atoms with Gasteiger partial charge in [-0.2, -0.15) is 0 Å². The van der Waals surface area contributed by atoms with E-state index in [4.69, 9.17) is 0 Å². The van der Waals surface area contributed by atoms with Crippen molar-refractivity contribution < 1.29 is 5.11 Å². The summed E-state index contributed by atoms with van der Waals surface area (Å²) in [4.78, 5) is 6.46. The molecule has 1 N–H and O–H groups in total. The van der Waals surface area contributed by atoms with E-state index in [2.05, 4.69) is 23.0 Å². The molecule has 0 bridgehead atoms. The van der Waals surface area contributed by atoms with Crippen LogP contribution in [0.3, 0.4) is 0 Å². The van der Waals surface area contributed by atoms with E-state index in [0.717, 1.165) is 25.9 Å². The standard InChI is InChI=1S/C12H18N2O/c1-14-7-4-12(10-15,5-8-14)11-3-2-6-13-9-11/h2-3,6,9,15H,4-5,7-8,10H2,1H3. The molecule has 15 heavy (non-hydrogen) atoms. The van der Waals surface area contributed by atoms with Crippen molar-refractivity contribution in [3.63, 3.8) is 0 Å². The molecule has 0 spiro atoms. The zero-order valence-electron chi connectivity index (χ0n) is 9.19. The van der Waals surface area contributed by atoms with Gasteiger partial charge in [0.05, 0.1) is 6.61 Å². The predicted molar refractivity (Wildman–Crippen MR) is 59.7 cm³/mol. The summed E-state index contributed by atoms with van der Waals surface area (Å²) in [6, 6.07) is 4.03. The van der Waals surface area contributed by atoms with Crippen molar-refractivity contribution in [1.82, 2.24) is 9.88 Å². The van der Waals surface area contributed by atoms with Crippen LogP contribution in [0.2, 0.25) is 0 Å². The molecule has 1 saturated heterocycles. The fraction of sp³-hybridized carbons (Fsp3) is 0.583. The van der Waals surface area contributed by atoms with Crippen LogP contribution in [0.25, 0.3) is 0 Å². The minimum Gasteiger partial charge on any atom is -0.395 e. The van der Waals surface area contributed by atoms with Gasteiger partial charge in [-0.1, -0.05) is 6.07 Å². The highest BCUT2D eigenvalue weighted by Gasteiger charge is 2.34. The predicted octanol–water partition coefficient (Wildman–Crippen LogP) is 1.04. The molecule has 1 aliphatic heterocycles. The fourth-order valence-corrected chi connectivity index (χ4v) is 2.26. The number of hydrogen-bond donors (Lipinski definition) is 1. The van der Waals surface area contributed by atoms with E-state index >= 15 is 0 Å². The van der Waals surface area contributed by atoms with E-state index in [1.807, 2.05) is 12.3 Å². The number of rotatable bonds is 2. The number of aliphatic hydroxyl groups is 1. The first-order valence-electron chi connectivity index (χ1n) is 5.47. The van der Waals surface area contributed by atoms with Gasteiger partial charge in [0, 0.05) is 17.8 Å². The molecular weight excluding hydrogens is 188 g/mol. The maximum atomic E-state index is 9.63. The number of hydrogen-bond acceptors (Lipinski definition) is 3. The van der Waals surface area contributed by atoms with Gasteiger partial charge in [0.2, 0.25) is 0 Å². The van der Waals surface area contributed by atoms with Crippen molar-refractivity contribution >= 4 is 0 Å². The summed E-state index contributed by atoms with van der Waals surface area (Å²) in [6.45, 7) is 2.33. The van der Waals surface area contributed by atoms with Crippen molar-refractivity contribution in [3.05, 3.63) is 30.1 Å². The molecule has 1 fully saturated rings. The van der Waals surface area contributed by atoms with E-state index in [1.54, 1.807) is 6.20 Å². The Morgan fingerprint density at radius 2 is 2.20 bits per heavy atom. The van der Waals surface area contributed by atoms with E-state index in [0.29, 0.717) is 0 Å². The van der Waals surface area contributed by atoms with Gasteiger partial charge >= 0.3 is 0 Å². The minimum atomic E-state index is -0.0548. The Bertz CT molecular complexity index is 305. The Kier molecular flexibility index (Phi) is 3.03. The summed E-state index contributed by atoms with van der Waals surface area (Å²) in [6.07, 6.45) is 5.71. The molecule has 2 rings (SSSR count). The zero-order chi connectivity index (χ0) is 10.7. The van der Waals surface area contributed by atoms with Crippen LogP contribution in [0.5, 0.6) is 0 Å². The maximum absolute atomic E-state index is 9.63. The van der Waals surface area contributed by atoms with Crippen LogP contribution in [0.1, 0.15) is 18.4 Å². The number of piperidine rings is 1. The van der Waals surface area contributed by atoms with Crippen molar-refractivity contribution in [2.24, 2.45) is 0 Å². The molecule has 3 heteroatoms. The van der Waals surface area contributed by atoms with Gasteiger partial charge in [-0.15, -0.1) is 0 Å². The first kappa shape index (κ1) is 10.6. The van der Waals surface area contributed by atoms with Gasteiger partial charge in [-0.05, 0) is 44.6 Å². The van der Waals surface area contributed by atoms with Crippen molar-refractivity contribution in [3.8, 4) is 0 Å². The molecule has 0 amide bonds. The third-order valence-electron chi connectivity index (χ3n) is 3.52. The second-order valence-corrected chi connectivity index (χ2v) is 4.48. The quantitative estimate of drug-likeness (QED) is 0.785. The molecule has 0 aliphatic carbocycles. The first-order chi connectivity index (χ1) is 7.27. The lowest BCUT2D eigenvalue weighted by Crippen LogP contribution is -2.43. The van der Waals surface area contributed by atoms with E-state index in [1.165, 1.54) is 5.56 Å².